The van der Waals surface area contributed by atoms with Crippen LogP contribution in [0, 0.1) is 5.82 Å². The summed E-state index contributed by atoms with van der Waals surface area (Å²) in [6.45, 7) is 2.76. The van der Waals surface area contributed by atoms with E-state index >= 15 is 0 Å². The van der Waals surface area contributed by atoms with Crippen LogP contribution in [0.2, 0.25) is 0 Å². The molecule has 0 saturated carbocycles. The quantitative estimate of drug-likeness (QED) is 0.914. The van der Waals surface area contributed by atoms with Gasteiger partial charge in [-0.3, -0.25) is 4.68 Å². The Labute approximate surface area is 121 Å². The molecule has 2 rings (SSSR count). The van der Waals surface area contributed by atoms with Gasteiger partial charge in [0.2, 0.25) is 0 Å². The predicted octanol–water partition coefficient (Wildman–Crippen LogP) is 3.22. The first-order chi connectivity index (χ1) is 9.08. The molecular formula is C14H17BrFN3. The van der Waals surface area contributed by atoms with Crippen molar-refractivity contribution in [3.05, 3.63) is 52.0 Å². The Morgan fingerprint density at radius 1 is 1.42 bits per heavy atom. The van der Waals surface area contributed by atoms with Gasteiger partial charge in [0.25, 0.3) is 0 Å². The molecule has 1 aromatic carbocycles. The van der Waals surface area contributed by atoms with Crippen LogP contribution in [0.1, 0.15) is 24.2 Å². The van der Waals surface area contributed by atoms with E-state index in [-0.39, 0.29) is 11.9 Å². The molecule has 0 spiro atoms. The van der Waals surface area contributed by atoms with Gasteiger partial charge in [0.15, 0.2) is 0 Å². The van der Waals surface area contributed by atoms with Crippen molar-refractivity contribution in [2.24, 2.45) is 7.05 Å². The third kappa shape index (κ3) is 3.64. The molecule has 0 bridgehead atoms. The van der Waals surface area contributed by atoms with Crippen LogP contribution in [0.25, 0.3) is 0 Å². The first kappa shape index (κ1) is 14.2. The molecular weight excluding hydrogens is 309 g/mol. The highest BCUT2D eigenvalue weighted by atomic mass is 79.9. The van der Waals surface area contributed by atoms with Gasteiger partial charge < -0.3 is 5.32 Å². The summed E-state index contributed by atoms with van der Waals surface area (Å²) in [6.07, 6.45) is 2.66. The van der Waals surface area contributed by atoms with Crippen LogP contribution in [-0.4, -0.2) is 16.3 Å². The summed E-state index contributed by atoms with van der Waals surface area (Å²) in [7, 11) is 1.92. The average molecular weight is 326 g/mol. The topological polar surface area (TPSA) is 29.9 Å². The van der Waals surface area contributed by atoms with Crippen LogP contribution in [0.15, 0.2) is 34.9 Å². The van der Waals surface area contributed by atoms with Crippen LogP contribution in [0.3, 0.4) is 0 Å². The molecule has 3 nitrogen and oxygen atoms in total. The number of nitrogens with one attached hydrogen (secondary N) is 1. The summed E-state index contributed by atoms with van der Waals surface area (Å²) in [5.74, 6) is -0.185. The molecule has 1 aromatic heterocycles. The lowest BCUT2D eigenvalue weighted by Crippen LogP contribution is -2.22. The monoisotopic (exact) mass is 325 g/mol. The third-order valence-electron chi connectivity index (χ3n) is 3.18. The first-order valence-electron chi connectivity index (χ1n) is 6.23. The minimum atomic E-state index is -0.185. The van der Waals surface area contributed by atoms with Crippen LogP contribution in [0.4, 0.5) is 4.39 Å². The van der Waals surface area contributed by atoms with E-state index in [1.165, 1.54) is 6.07 Å². The van der Waals surface area contributed by atoms with E-state index in [2.05, 4.69) is 26.3 Å². The SMILES string of the molecule is C[C@@H](NCCc1ccnn1C)c1ccc(Br)cc1F. The summed E-state index contributed by atoms with van der Waals surface area (Å²) >= 11 is 3.26. The van der Waals surface area contributed by atoms with Crippen LogP contribution < -0.4 is 5.32 Å². The van der Waals surface area contributed by atoms with E-state index < -0.39 is 0 Å². The zero-order valence-corrected chi connectivity index (χ0v) is 12.6. The Bertz CT molecular complexity index is 553. The highest BCUT2D eigenvalue weighted by molar-refractivity contribution is 9.10. The Hall–Kier alpha value is -1.20. The molecule has 1 atom stereocenters. The maximum atomic E-state index is 13.8. The lowest BCUT2D eigenvalue weighted by molar-refractivity contribution is 0.525. The van der Waals surface area contributed by atoms with E-state index in [9.17, 15) is 4.39 Å². The molecule has 2 aromatic rings. The van der Waals surface area contributed by atoms with Gasteiger partial charge in [0, 0.05) is 48.0 Å². The molecule has 0 saturated heterocycles. The second kappa shape index (κ2) is 6.30. The molecule has 102 valence electrons. The lowest BCUT2D eigenvalue weighted by atomic mass is 10.1. The summed E-state index contributed by atoms with van der Waals surface area (Å²) in [4.78, 5) is 0. The molecule has 5 heteroatoms. The Kier molecular flexibility index (Phi) is 4.71. The number of hydrogen-bond acceptors (Lipinski definition) is 2. The number of nitrogens with zero attached hydrogens (tertiary/aromatic N) is 2. The summed E-state index contributed by atoms with van der Waals surface area (Å²) in [5, 5.41) is 7.45. The summed E-state index contributed by atoms with van der Waals surface area (Å²) in [5.41, 5.74) is 1.85. The van der Waals surface area contributed by atoms with E-state index in [0.717, 1.165) is 23.1 Å². The molecule has 1 N–H and O–H groups in total. The number of hydrogen-bond donors (Lipinski definition) is 1. The fourth-order valence-electron chi connectivity index (χ4n) is 2.03. The normalized spacial score (nSPS) is 12.6. The highest BCUT2D eigenvalue weighted by Gasteiger charge is 2.10. The zero-order valence-electron chi connectivity index (χ0n) is 11.0. The van der Waals surface area contributed by atoms with Gasteiger partial charge in [-0.2, -0.15) is 5.10 Å². The number of aromatic nitrogens is 2. The zero-order chi connectivity index (χ0) is 13.8. The largest absolute Gasteiger partial charge is 0.310 e. The van der Waals surface area contributed by atoms with Gasteiger partial charge in [-0.05, 0) is 25.1 Å². The average Bonchev–Trinajstić information content (AvgIpc) is 2.75. The van der Waals surface area contributed by atoms with Gasteiger partial charge >= 0.3 is 0 Å². The predicted molar refractivity (Wildman–Crippen MR) is 77.4 cm³/mol. The second-order valence-corrected chi connectivity index (χ2v) is 5.45. The number of halogens is 2. The summed E-state index contributed by atoms with van der Waals surface area (Å²) in [6, 6.07) is 7.14. The van der Waals surface area contributed by atoms with Crippen LogP contribution in [0.5, 0.6) is 0 Å². The Morgan fingerprint density at radius 2 is 2.21 bits per heavy atom. The molecule has 0 fully saturated rings. The number of benzene rings is 1. The van der Waals surface area contributed by atoms with Gasteiger partial charge in [0.05, 0.1) is 0 Å². The van der Waals surface area contributed by atoms with Gasteiger partial charge in [-0.25, -0.2) is 4.39 Å². The van der Waals surface area contributed by atoms with Gasteiger partial charge in [-0.1, -0.05) is 22.0 Å². The molecule has 19 heavy (non-hydrogen) atoms. The molecule has 0 unspecified atom stereocenters. The maximum Gasteiger partial charge on any atom is 0.129 e. The first-order valence-corrected chi connectivity index (χ1v) is 7.02. The number of rotatable bonds is 5. The fourth-order valence-corrected chi connectivity index (χ4v) is 2.36. The van der Waals surface area contributed by atoms with Crippen molar-refractivity contribution < 1.29 is 4.39 Å². The highest BCUT2D eigenvalue weighted by Crippen LogP contribution is 2.20. The van der Waals surface area contributed by atoms with Crippen molar-refractivity contribution in [3.63, 3.8) is 0 Å². The van der Waals surface area contributed by atoms with Crippen molar-refractivity contribution in [3.8, 4) is 0 Å². The molecule has 0 aliphatic heterocycles. The molecule has 0 aliphatic carbocycles. The summed E-state index contributed by atoms with van der Waals surface area (Å²) < 4.78 is 16.4. The van der Waals surface area contributed by atoms with Crippen molar-refractivity contribution in [2.75, 3.05) is 6.54 Å². The van der Waals surface area contributed by atoms with Crippen molar-refractivity contribution >= 4 is 15.9 Å². The standard InChI is InChI=1S/C14H17BrFN3/c1-10(13-4-3-11(15)9-14(13)16)17-7-5-12-6-8-18-19(12)2/h3-4,6,8-10,17H,5,7H2,1-2H3/t10-/m1/s1. The Balaban J connectivity index is 1.91. The minimum absolute atomic E-state index is 0.0127. The van der Waals surface area contributed by atoms with E-state index in [1.54, 1.807) is 12.3 Å². The number of aryl methyl sites for hydroxylation is 1. The van der Waals surface area contributed by atoms with Crippen LogP contribution >= 0.6 is 15.9 Å². The second-order valence-electron chi connectivity index (χ2n) is 4.54. The fraction of sp³-hybridized carbons (Fsp3) is 0.357. The van der Waals surface area contributed by atoms with E-state index in [4.69, 9.17) is 0 Å². The molecule has 0 amide bonds. The van der Waals surface area contributed by atoms with Crippen LogP contribution in [-0.2, 0) is 13.5 Å². The molecule has 0 radical (unpaired) electrons. The van der Waals surface area contributed by atoms with E-state index in [1.807, 2.05) is 30.8 Å². The van der Waals surface area contributed by atoms with E-state index in [0.29, 0.717) is 5.56 Å². The van der Waals surface area contributed by atoms with Crippen molar-refractivity contribution in [2.45, 2.75) is 19.4 Å². The van der Waals surface area contributed by atoms with Gasteiger partial charge in [-0.15, -0.1) is 0 Å². The van der Waals surface area contributed by atoms with Gasteiger partial charge in [0.1, 0.15) is 5.82 Å². The Morgan fingerprint density at radius 3 is 2.84 bits per heavy atom. The minimum Gasteiger partial charge on any atom is -0.310 e. The lowest BCUT2D eigenvalue weighted by Gasteiger charge is -2.15. The third-order valence-corrected chi connectivity index (χ3v) is 3.68. The van der Waals surface area contributed by atoms with Crippen molar-refractivity contribution in [1.82, 2.24) is 15.1 Å². The molecule has 0 aliphatic rings. The molecule has 1 heterocycles. The maximum absolute atomic E-state index is 13.8. The van der Waals surface area contributed by atoms with Crippen molar-refractivity contribution in [1.29, 1.82) is 0 Å². The smallest absolute Gasteiger partial charge is 0.129 e.